The van der Waals surface area contributed by atoms with Crippen molar-refractivity contribution in [2.45, 2.75) is 65.5 Å². The number of amides is 3. The molecule has 144 valence electrons. The molecule has 6 nitrogen and oxygen atoms in total. The molecule has 1 N–H and O–H groups in total. The predicted octanol–water partition coefficient (Wildman–Crippen LogP) is 3.84. The van der Waals surface area contributed by atoms with E-state index in [1.54, 1.807) is 0 Å². The Balaban J connectivity index is 2.09. The van der Waals surface area contributed by atoms with Crippen LogP contribution in [0, 0.1) is 6.92 Å². The zero-order valence-corrected chi connectivity index (χ0v) is 16.5. The number of benzene rings is 1. The Hall–Kier alpha value is -2.63. The second-order valence-corrected chi connectivity index (χ2v) is 7.56. The number of aryl methyl sites for hydroxylation is 1. The minimum absolute atomic E-state index is 0.0507. The zero-order valence-electron chi connectivity index (χ0n) is 16.5. The molecule has 6 heteroatoms. The fraction of sp³-hybridized carbons (Fsp3) is 0.476. The summed E-state index contributed by atoms with van der Waals surface area (Å²) in [6.07, 6.45) is 1.05. The van der Waals surface area contributed by atoms with Gasteiger partial charge >= 0.3 is 11.7 Å². The molecule has 3 amide bonds. The highest BCUT2D eigenvalue weighted by atomic mass is 16.4. The molecule has 0 aliphatic carbocycles. The van der Waals surface area contributed by atoms with Gasteiger partial charge in [-0.25, -0.2) is 9.59 Å². The summed E-state index contributed by atoms with van der Waals surface area (Å²) < 4.78 is 5.36. The molecule has 1 saturated heterocycles. The summed E-state index contributed by atoms with van der Waals surface area (Å²) in [4.78, 5) is 38.6. The maximum absolute atomic E-state index is 12.9. The fourth-order valence-corrected chi connectivity index (χ4v) is 3.86. The van der Waals surface area contributed by atoms with E-state index in [0.717, 1.165) is 16.5 Å². The topological polar surface area (TPSA) is 79.6 Å². The van der Waals surface area contributed by atoms with Gasteiger partial charge in [-0.3, -0.25) is 9.69 Å². The van der Waals surface area contributed by atoms with Crippen LogP contribution in [0.2, 0.25) is 0 Å². The molecule has 0 bridgehead atoms. The van der Waals surface area contributed by atoms with Crippen LogP contribution in [0.15, 0.2) is 27.4 Å². The molecule has 0 atom stereocenters. The van der Waals surface area contributed by atoms with E-state index >= 15 is 0 Å². The van der Waals surface area contributed by atoms with Crippen LogP contribution in [-0.2, 0) is 11.3 Å². The van der Waals surface area contributed by atoms with Gasteiger partial charge in [0.2, 0.25) is 0 Å². The first-order valence-corrected chi connectivity index (χ1v) is 9.43. The Bertz CT molecular complexity index is 970. The van der Waals surface area contributed by atoms with Gasteiger partial charge in [0, 0.05) is 11.5 Å². The summed E-state index contributed by atoms with van der Waals surface area (Å²) in [6.45, 7) is 10.00. The molecule has 1 aromatic carbocycles. The number of hydrogen-bond donors (Lipinski definition) is 1. The van der Waals surface area contributed by atoms with E-state index in [-0.39, 0.29) is 12.5 Å². The molecule has 0 saturated carbocycles. The van der Waals surface area contributed by atoms with Gasteiger partial charge in [0.25, 0.3) is 5.91 Å². The van der Waals surface area contributed by atoms with Crippen molar-refractivity contribution in [3.63, 3.8) is 0 Å². The molecular formula is C21H26N2O4. The van der Waals surface area contributed by atoms with Crippen molar-refractivity contribution in [3.05, 3.63) is 45.3 Å². The van der Waals surface area contributed by atoms with Crippen LogP contribution in [0.4, 0.5) is 4.79 Å². The Morgan fingerprint density at radius 1 is 1.11 bits per heavy atom. The van der Waals surface area contributed by atoms with Crippen molar-refractivity contribution in [1.29, 1.82) is 0 Å². The fourth-order valence-electron chi connectivity index (χ4n) is 3.86. The van der Waals surface area contributed by atoms with E-state index in [9.17, 15) is 14.4 Å². The van der Waals surface area contributed by atoms with E-state index < -0.39 is 17.2 Å². The highest BCUT2D eigenvalue weighted by Gasteiger charge is 2.48. The van der Waals surface area contributed by atoms with Gasteiger partial charge in [0.05, 0.1) is 6.54 Å². The number of carbonyl (C=O) groups excluding carboxylic acids is 2. The van der Waals surface area contributed by atoms with E-state index in [1.165, 1.54) is 11.0 Å². The average molecular weight is 370 g/mol. The standard InChI is InChI=1S/C21H26N2O4/c1-6-21(7-2)19(25)23(20(26)22-21)11-14-9-18(24)27-17-8-13(5)15(12(3)4)10-16(14)17/h8-10,12H,6-7,11H2,1-5H3,(H,22,26). The number of fused-ring (bicyclic) bond motifs is 1. The van der Waals surface area contributed by atoms with Gasteiger partial charge < -0.3 is 9.73 Å². The Kier molecular flexibility index (Phi) is 4.84. The molecule has 1 fully saturated rings. The Morgan fingerprint density at radius 3 is 2.33 bits per heavy atom. The van der Waals surface area contributed by atoms with Crippen molar-refractivity contribution < 1.29 is 14.0 Å². The number of nitrogens with zero attached hydrogens (tertiary/aromatic N) is 1. The molecular weight excluding hydrogens is 344 g/mol. The molecule has 0 radical (unpaired) electrons. The lowest BCUT2D eigenvalue weighted by molar-refractivity contribution is -0.131. The van der Waals surface area contributed by atoms with Crippen molar-refractivity contribution in [2.24, 2.45) is 0 Å². The number of imide groups is 1. The number of urea groups is 1. The summed E-state index contributed by atoms with van der Waals surface area (Å²) in [5.41, 5.74) is 1.94. The maximum Gasteiger partial charge on any atom is 0.336 e. The summed E-state index contributed by atoms with van der Waals surface area (Å²) in [7, 11) is 0. The molecule has 2 aromatic rings. The lowest BCUT2D eigenvalue weighted by atomic mass is 9.92. The van der Waals surface area contributed by atoms with Crippen molar-refractivity contribution in [3.8, 4) is 0 Å². The number of nitrogens with one attached hydrogen (secondary N) is 1. The lowest BCUT2D eigenvalue weighted by Crippen LogP contribution is -2.45. The van der Waals surface area contributed by atoms with Gasteiger partial charge in [-0.2, -0.15) is 0 Å². The molecule has 2 heterocycles. The predicted molar refractivity (Wildman–Crippen MR) is 104 cm³/mol. The quantitative estimate of drug-likeness (QED) is 0.641. The van der Waals surface area contributed by atoms with Crippen LogP contribution in [-0.4, -0.2) is 22.4 Å². The SMILES string of the molecule is CCC1(CC)NC(=O)N(Cc2cc(=O)oc3cc(C)c(C(C)C)cc23)C1=O. The summed E-state index contributed by atoms with van der Waals surface area (Å²) >= 11 is 0. The van der Waals surface area contributed by atoms with Crippen molar-refractivity contribution in [1.82, 2.24) is 10.2 Å². The zero-order chi connectivity index (χ0) is 19.9. The van der Waals surface area contributed by atoms with Gasteiger partial charge in [0.15, 0.2) is 0 Å². The van der Waals surface area contributed by atoms with E-state index in [2.05, 4.69) is 19.2 Å². The van der Waals surface area contributed by atoms with Crippen molar-refractivity contribution in [2.75, 3.05) is 0 Å². The largest absolute Gasteiger partial charge is 0.423 e. The molecule has 1 aromatic heterocycles. The smallest absolute Gasteiger partial charge is 0.336 e. The molecule has 0 unspecified atom stereocenters. The third kappa shape index (κ3) is 3.13. The second kappa shape index (κ2) is 6.83. The van der Waals surface area contributed by atoms with Crippen molar-refractivity contribution >= 4 is 22.9 Å². The number of hydrogen-bond acceptors (Lipinski definition) is 4. The van der Waals surface area contributed by atoms with Crippen LogP contribution >= 0.6 is 0 Å². The minimum atomic E-state index is -0.855. The molecule has 1 aliphatic heterocycles. The minimum Gasteiger partial charge on any atom is -0.423 e. The second-order valence-electron chi connectivity index (χ2n) is 7.56. The summed E-state index contributed by atoms with van der Waals surface area (Å²) in [6, 6.07) is 4.81. The summed E-state index contributed by atoms with van der Waals surface area (Å²) in [5.74, 6) is 0.0637. The molecule has 0 spiro atoms. The molecule has 27 heavy (non-hydrogen) atoms. The van der Waals surface area contributed by atoms with Gasteiger partial charge in [-0.1, -0.05) is 27.7 Å². The van der Waals surface area contributed by atoms with Crippen LogP contribution < -0.4 is 10.9 Å². The first-order valence-electron chi connectivity index (χ1n) is 9.43. The van der Waals surface area contributed by atoms with Gasteiger partial charge in [0.1, 0.15) is 11.1 Å². The van der Waals surface area contributed by atoms with E-state index in [4.69, 9.17) is 4.42 Å². The Morgan fingerprint density at radius 2 is 1.78 bits per heavy atom. The van der Waals surface area contributed by atoms with Crippen LogP contribution in [0.1, 0.15) is 63.1 Å². The average Bonchev–Trinajstić information content (AvgIpc) is 2.85. The third-order valence-corrected chi connectivity index (χ3v) is 5.62. The molecule has 3 rings (SSSR count). The van der Waals surface area contributed by atoms with E-state index in [0.29, 0.717) is 29.9 Å². The Labute approximate surface area is 158 Å². The van der Waals surface area contributed by atoms with Gasteiger partial charge in [-0.05, 0) is 54.5 Å². The first-order chi connectivity index (χ1) is 12.7. The number of carbonyl (C=O) groups is 2. The van der Waals surface area contributed by atoms with Crippen LogP contribution in [0.25, 0.3) is 11.0 Å². The lowest BCUT2D eigenvalue weighted by Gasteiger charge is -2.23. The van der Waals surface area contributed by atoms with Crippen LogP contribution in [0.5, 0.6) is 0 Å². The highest BCUT2D eigenvalue weighted by Crippen LogP contribution is 2.30. The van der Waals surface area contributed by atoms with Crippen LogP contribution in [0.3, 0.4) is 0 Å². The van der Waals surface area contributed by atoms with E-state index in [1.807, 2.05) is 32.9 Å². The normalized spacial score (nSPS) is 16.4. The highest BCUT2D eigenvalue weighted by molar-refractivity contribution is 6.07. The molecule has 1 aliphatic rings. The number of rotatable bonds is 5. The first kappa shape index (κ1) is 19.1. The monoisotopic (exact) mass is 370 g/mol. The maximum atomic E-state index is 12.9. The third-order valence-electron chi connectivity index (χ3n) is 5.62. The summed E-state index contributed by atoms with van der Waals surface area (Å²) in [5, 5.41) is 3.58. The van der Waals surface area contributed by atoms with Gasteiger partial charge in [-0.15, -0.1) is 0 Å².